The molecule has 1 aliphatic rings. The zero-order valence-electron chi connectivity index (χ0n) is 17.4. The number of rotatable bonds is 6. The summed E-state index contributed by atoms with van der Waals surface area (Å²) in [7, 11) is -3.59. The number of carbonyl (C=O) groups excluding carboxylic acids is 1. The molecule has 1 aliphatic heterocycles. The Labute approximate surface area is 164 Å². The molecule has 152 valence electrons. The zero-order valence-corrected chi connectivity index (χ0v) is 18.2. The molecule has 6 heteroatoms. The van der Waals surface area contributed by atoms with Crippen molar-refractivity contribution in [2.45, 2.75) is 65.2 Å². The summed E-state index contributed by atoms with van der Waals surface area (Å²) < 4.78 is 26.8. The van der Waals surface area contributed by atoms with Gasteiger partial charge in [0.05, 0.1) is 11.9 Å². The van der Waals surface area contributed by atoms with Crippen LogP contribution in [0.15, 0.2) is 18.2 Å². The Morgan fingerprint density at radius 3 is 1.89 bits per heavy atom. The van der Waals surface area contributed by atoms with E-state index < -0.39 is 10.0 Å². The summed E-state index contributed by atoms with van der Waals surface area (Å²) in [5.41, 5.74) is 2.62. The SMILES string of the molecule is CC(C)c1cccc(C(C)C)c1N(CC(=O)N1CCCCCC1)S(C)(=O)=O. The summed E-state index contributed by atoms with van der Waals surface area (Å²) in [6, 6.07) is 5.92. The lowest BCUT2D eigenvalue weighted by atomic mass is 9.92. The lowest BCUT2D eigenvalue weighted by molar-refractivity contribution is -0.129. The molecule has 1 heterocycles. The van der Waals surface area contributed by atoms with Crippen molar-refractivity contribution >= 4 is 21.6 Å². The summed E-state index contributed by atoms with van der Waals surface area (Å²) in [6.07, 6.45) is 5.44. The third-order valence-electron chi connectivity index (χ3n) is 5.23. The first-order valence-electron chi connectivity index (χ1n) is 10.0. The maximum Gasteiger partial charge on any atom is 0.243 e. The van der Waals surface area contributed by atoms with Gasteiger partial charge in [0.1, 0.15) is 6.54 Å². The Balaban J connectivity index is 2.47. The topological polar surface area (TPSA) is 57.7 Å². The predicted molar refractivity (Wildman–Crippen MR) is 112 cm³/mol. The van der Waals surface area contributed by atoms with Crippen LogP contribution in [0, 0.1) is 0 Å². The second-order valence-corrected chi connectivity index (χ2v) is 10.1. The molecule has 0 saturated carbocycles. The smallest absolute Gasteiger partial charge is 0.243 e. The van der Waals surface area contributed by atoms with Gasteiger partial charge in [-0.3, -0.25) is 9.10 Å². The minimum atomic E-state index is -3.59. The summed E-state index contributed by atoms with van der Waals surface area (Å²) in [5.74, 6) is 0.225. The number of likely N-dealkylation sites (tertiary alicyclic amines) is 1. The van der Waals surface area contributed by atoms with Crippen LogP contribution < -0.4 is 4.31 Å². The molecule has 0 bridgehead atoms. The van der Waals surface area contributed by atoms with Gasteiger partial charge in [0.2, 0.25) is 15.9 Å². The molecule has 0 radical (unpaired) electrons. The lowest BCUT2D eigenvalue weighted by Gasteiger charge is -2.31. The second-order valence-electron chi connectivity index (χ2n) is 8.16. The van der Waals surface area contributed by atoms with Crippen LogP contribution in [0.2, 0.25) is 0 Å². The lowest BCUT2D eigenvalue weighted by Crippen LogP contribution is -2.43. The van der Waals surface area contributed by atoms with Gasteiger partial charge in [-0.2, -0.15) is 0 Å². The maximum atomic E-state index is 13.0. The highest BCUT2D eigenvalue weighted by atomic mass is 32.2. The maximum absolute atomic E-state index is 13.0. The quantitative estimate of drug-likeness (QED) is 0.730. The van der Waals surface area contributed by atoms with Gasteiger partial charge in [-0.15, -0.1) is 0 Å². The third kappa shape index (κ3) is 5.47. The van der Waals surface area contributed by atoms with Crippen LogP contribution in [0.4, 0.5) is 5.69 Å². The third-order valence-corrected chi connectivity index (χ3v) is 6.34. The van der Waals surface area contributed by atoms with E-state index in [-0.39, 0.29) is 24.3 Å². The Morgan fingerprint density at radius 2 is 1.48 bits per heavy atom. The number of para-hydroxylation sites is 1. The van der Waals surface area contributed by atoms with E-state index in [1.54, 1.807) is 0 Å². The van der Waals surface area contributed by atoms with Crippen LogP contribution in [-0.2, 0) is 14.8 Å². The number of hydrogen-bond donors (Lipinski definition) is 0. The van der Waals surface area contributed by atoms with Crippen molar-refractivity contribution in [3.05, 3.63) is 29.3 Å². The van der Waals surface area contributed by atoms with Crippen molar-refractivity contribution in [1.82, 2.24) is 4.90 Å². The number of nitrogens with zero attached hydrogens (tertiary/aromatic N) is 2. The minimum absolute atomic E-state index is 0.101. The van der Waals surface area contributed by atoms with Gasteiger partial charge in [-0.25, -0.2) is 8.42 Å². The number of benzene rings is 1. The first kappa shape index (κ1) is 21.7. The number of anilines is 1. The van der Waals surface area contributed by atoms with Crippen molar-refractivity contribution in [2.75, 3.05) is 30.2 Å². The van der Waals surface area contributed by atoms with Gasteiger partial charge >= 0.3 is 0 Å². The molecule has 27 heavy (non-hydrogen) atoms. The molecule has 1 saturated heterocycles. The van der Waals surface area contributed by atoms with E-state index in [1.807, 2.05) is 23.1 Å². The molecular weight excluding hydrogens is 360 g/mol. The molecule has 0 aliphatic carbocycles. The number of carbonyl (C=O) groups is 1. The van der Waals surface area contributed by atoms with Crippen molar-refractivity contribution in [2.24, 2.45) is 0 Å². The van der Waals surface area contributed by atoms with Crippen molar-refractivity contribution < 1.29 is 13.2 Å². The Kier molecular flexibility index (Phi) is 7.32. The molecule has 1 amide bonds. The van der Waals surface area contributed by atoms with Crippen LogP contribution >= 0.6 is 0 Å². The minimum Gasteiger partial charge on any atom is -0.341 e. The van der Waals surface area contributed by atoms with Gasteiger partial charge in [0.15, 0.2) is 0 Å². The molecule has 0 N–H and O–H groups in total. The first-order chi connectivity index (χ1) is 12.6. The highest BCUT2D eigenvalue weighted by Gasteiger charge is 2.29. The van der Waals surface area contributed by atoms with E-state index in [2.05, 4.69) is 27.7 Å². The highest BCUT2D eigenvalue weighted by molar-refractivity contribution is 7.92. The van der Waals surface area contributed by atoms with E-state index in [9.17, 15) is 13.2 Å². The molecule has 0 atom stereocenters. The summed E-state index contributed by atoms with van der Waals surface area (Å²) >= 11 is 0. The normalized spacial score (nSPS) is 15.9. The largest absolute Gasteiger partial charge is 0.341 e. The average Bonchev–Trinajstić information content (AvgIpc) is 2.87. The van der Waals surface area contributed by atoms with E-state index in [1.165, 1.54) is 10.6 Å². The Bertz CT molecular complexity index is 722. The number of sulfonamides is 1. The molecule has 1 fully saturated rings. The highest BCUT2D eigenvalue weighted by Crippen LogP contribution is 2.36. The van der Waals surface area contributed by atoms with E-state index in [0.717, 1.165) is 49.9 Å². The fraction of sp³-hybridized carbons (Fsp3) is 0.667. The molecule has 0 spiro atoms. The standard InChI is InChI=1S/C21H34N2O3S/c1-16(2)18-11-10-12-19(17(3)4)21(18)23(27(5,25)26)15-20(24)22-13-8-6-7-9-14-22/h10-12,16-17H,6-9,13-15H2,1-5H3. The number of hydrogen-bond acceptors (Lipinski definition) is 3. The van der Waals surface area contributed by atoms with Gasteiger partial charge < -0.3 is 4.90 Å². The molecule has 1 aromatic rings. The molecule has 0 aromatic heterocycles. The molecule has 2 rings (SSSR count). The molecule has 0 unspecified atom stereocenters. The van der Waals surface area contributed by atoms with Crippen LogP contribution in [0.5, 0.6) is 0 Å². The van der Waals surface area contributed by atoms with Gasteiger partial charge in [-0.05, 0) is 35.8 Å². The number of amides is 1. The predicted octanol–water partition coefficient (Wildman–Crippen LogP) is 4.10. The van der Waals surface area contributed by atoms with Crippen molar-refractivity contribution in [3.63, 3.8) is 0 Å². The van der Waals surface area contributed by atoms with Crippen LogP contribution in [-0.4, -0.2) is 45.1 Å². The van der Waals surface area contributed by atoms with Crippen LogP contribution in [0.25, 0.3) is 0 Å². The fourth-order valence-electron chi connectivity index (χ4n) is 3.70. The molecular formula is C21H34N2O3S. The summed E-state index contributed by atoms with van der Waals surface area (Å²) in [5, 5.41) is 0. The Morgan fingerprint density at radius 1 is 1.00 bits per heavy atom. The van der Waals surface area contributed by atoms with Crippen molar-refractivity contribution in [3.8, 4) is 0 Å². The van der Waals surface area contributed by atoms with E-state index >= 15 is 0 Å². The molecule has 5 nitrogen and oxygen atoms in total. The van der Waals surface area contributed by atoms with Gasteiger partial charge in [0, 0.05) is 13.1 Å². The average molecular weight is 395 g/mol. The first-order valence-corrected chi connectivity index (χ1v) is 11.9. The fourth-order valence-corrected chi connectivity index (χ4v) is 4.59. The molecule has 1 aromatic carbocycles. The van der Waals surface area contributed by atoms with Crippen molar-refractivity contribution in [1.29, 1.82) is 0 Å². The summed E-state index contributed by atoms with van der Waals surface area (Å²) in [4.78, 5) is 14.8. The van der Waals surface area contributed by atoms with Crippen LogP contribution in [0.3, 0.4) is 0 Å². The van der Waals surface area contributed by atoms with Gasteiger partial charge in [-0.1, -0.05) is 58.7 Å². The second kappa shape index (κ2) is 9.09. The van der Waals surface area contributed by atoms with Gasteiger partial charge in [0.25, 0.3) is 0 Å². The summed E-state index contributed by atoms with van der Waals surface area (Å²) in [6.45, 7) is 9.54. The monoisotopic (exact) mass is 394 g/mol. The van der Waals surface area contributed by atoms with E-state index in [4.69, 9.17) is 0 Å². The zero-order chi connectivity index (χ0) is 20.2. The van der Waals surface area contributed by atoms with Crippen LogP contribution in [0.1, 0.15) is 76.3 Å². The Hall–Kier alpha value is -1.56. The van der Waals surface area contributed by atoms with E-state index in [0.29, 0.717) is 5.69 Å².